The second-order valence-electron chi connectivity index (χ2n) is 2.68. The zero-order chi connectivity index (χ0) is 9.42. The van der Waals surface area contributed by atoms with Crippen molar-refractivity contribution in [1.29, 1.82) is 0 Å². The lowest BCUT2D eigenvalue weighted by atomic mass is 10.3. The average molecular weight is 216 g/mol. The summed E-state index contributed by atoms with van der Waals surface area (Å²) in [6.07, 6.45) is 0. The Kier molecular flexibility index (Phi) is 2.09. The number of anilines is 1. The number of fused-ring (bicyclic) bond motifs is 1. The second-order valence-corrected chi connectivity index (χ2v) is 4.53. The molecule has 0 aliphatic carbocycles. The predicted octanol–water partition coefficient (Wildman–Crippen LogP) is 1.40. The normalized spacial score (nSPS) is 20.7. The van der Waals surface area contributed by atoms with Crippen molar-refractivity contribution < 1.29 is 9.00 Å². The van der Waals surface area contributed by atoms with Crippen LogP contribution >= 0.6 is 11.6 Å². The van der Waals surface area contributed by atoms with Crippen LogP contribution in [0.1, 0.15) is 0 Å². The first-order chi connectivity index (χ1) is 6.16. The molecule has 3 nitrogen and oxygen atoms in total. The molecule has 1 amide bonds. The summed E-state index contributed by atoms with van der Waals surface area (Å²) in [5, 5.41) is 3.16. The summed E-state index contributed by atoms with van der Waals surface area (Å²) < 4.78 is 11.4. The number of halogens is 1. The van der Waals surface area contributed by atoms with E-state index in [1.54, 1.807) is 18.2 Å². The van der Waals surface area contributed by atoms with Gasteiger partial charge in [-0.2, -0.15) is 0 Å². The van der Waals surface area contributed by atoms with E-state index in [0.717, 1.165) is 0 Å². The lowest BCUT2D eigenvalue weighted by molar-refractivity contribution is -0.113. The number of benzene rings is 1. The Morgan fingerprint density at radius 2 is 2.23 bits per heavy atom. The highest BCUT2D eigenvalue weighted by Gasteiger charge is 2.20. The van der Waals surface area contributed by atoms with E-state index in [1.165, 1.54) is 0 Å². The zero-order valence-electron chi connectivity index (χ0n) is 6.54. The number of carbonyl (C=O) groups excluding carboxylic acids is 1. The molecule has 1 heterocycles. The van der Waals surface area contributed by atoms with Crippen LogP contribution in [0.25, 0.3) is 0 Å². The highest BCUT2D eigenvalue weighted by atomic mass is 35.5. The molecule has 0 saturated heterocycles. The van der Waals surface area contributed by atoms with Crippen LogP contribution < -0.4 is 5.32 Å². The number of amides is 1. The molecule has 1 aliphatic rings. The maximum absolute atomic E-state index is 11.4. The molecule has 0 bridgehead atoms. The number of hydrogen-bond donors (Lipinski definition) is 1. The van der Waals surface area contributed by atoms with E-state index in [4.69, 9.17) is 11.6 Å². The number of rotatable bonds is 0. The van der Waals surface area contributed by atoms with Crippen molar-refractivity contribution in [2.24, 2.45) is 0 Å². The molecule has 1 unspecified atom stereocenters. The first-order valence-corrected chi connectivity index (χ1v) is 5.34. The van der Waals surface area contributed by atoms with Crippen LogP contribution in [0.4, 0.5) is 5.69 Å². The van der Waals surface area contributed by atoms with Crippen molar-refractivity contribution in [3.63, 3.8) is 0 Å². The summed E-state index contributed by atoms with van der Waals surface area (Å²) in [5.41, 5.74) is 0.596. The molecule has 0 aromatic heterocycles. The molecule has 0 saturated carbocycles. The van der Waals surface area contributed by atoms with Gasteiger partial charge in [-0.3, -0.25) is 9.00 Å². The molecule has 68 valence electrons. The third-order valence-corrected chi connectivity index (χ3v) is 3.31. The van der Waals surface area contributed by atoms with Crippen LogP contribution in [-0.2, 0) is 15.6 Å². The zero-order valence-corrected chi connectivity index (χ0v) is 8.11. The van der Waals surface area contributed by atoms with Gasteiger partial charge in [0.05, 0.1) is 21.4 Å². The summed E-state index contributed by atoms with van der Waals surface area (Å²) in [5.74, 6) is -0.193. The first-order valence-electron chi connectivity index (χ1n) is 3.64. The smallest absolute Gasteiger partial charge is 0.237 e. The summed E-state index contributed by atoms with van der Waals surface area (Å²) in [6, 6.07) is 4.93. The molecule has 1 aromatic carbocycles. The van der Waals surface area contributed by atoms with Crippen molar-refractivity contribution in [2.45, 2.75) is 4.90 Å². The molecule has 13 heavy (non-hydrogen) atoms. The second kappa shape index (κ2) is 3.12. The minimum absolute atomic E-state index is 0.0212. The number of hydrogen-bond acceptors (Lipinski definition) is 2. The Bertz CT molecular complexity index is 405. The van der Waals surface area contributed by atoms with Crippen molar-refractivity contribution >= 4 is 34.0 Å². The van der Waals surface area contributed by atoms with E-state index in [0.29, 0.717) is 15.6 Å². The summed E-state index contributed by atoms with van der Waals surface area (Å²) >= 11 is 5.73. The SMILES string of the molecule is O=C1CS(=O)c2cc(Cl)ccc2N1. The van der Waals surface area contributed by atoms with Gasteiger partial charge in [-0.05, 0) is 18.2 Å². The standard InChI is InChI=1S/C8H6ClNO2S/c9-5-1-2-6-7(3-5)13(12)4-8(11)10-6/h1-3H,4H2,(H,10,11). The molecule has 1 aromatic rings. The Hall–Kier alpha value is -0.870. The molecule has 1 atom stereocenters. The molecule has 2 rings (SSSR count). The van der Waals surface area contributed by atoms with Crippen LogP contribution in [0.3, 0.4) is 0 Å². The number of carbonyl (C=O) groups is 1. The van der Waals surface area contributed by atoms with Crippen LogP contribution in [-0.4, -0.2) is 15.9 Å². The van der Waals surface area contributed by atoms with Crippen molar-refractivity contribution in [3.05, 3.63) is 23.2 Å². The molecule has 1 N–H and O–H groups in total. The largest absolute Gasteiger partial charge is 0.324 e. The molecule has 5 heteroatoms. The van der Waals surface area contributed by atoms with E-state index in [2.05, 4.69) is 5.32 Å². The summed E-state index contributed by atoms with van der Waals surface area (Å²) in [7, 11) is -1.25. The highest BCUT2D eigenvalue weighted by molar-refractivity contribution is 7.86. The highest BCUT2D eigenvalue weighted by Crippen LogP contribution is 2.26. The van der Waals surface area contributed by atoms with Gasteiger partial charge in [0.25, 0.3) is 0 Å². The Morgan fingerprint density at radius 3 is 3.00 bits per heavy atom. The Balaban J connectivity index is 2.55. The van der Waals surface area contributed by atoms with Gasteiger partial charge in [0.15, 0.2) is 0 Å². The lowest BCUT2D eigenvalue weighted by Crippen LogP contribution is -2.25. The Morgan fingerprint density at radius 1 is 1.46 bits per heavy atom. The quantitative estimate of drug-likeness (QED) is 0.711. The molecular formula is C8H6ClNO2S. The van der Waals surface area contributed by atoms with Crippen LogP contribution in [0.2, 0.25) is 5.02 Å². The maximum atomic E-state index is 11.4. The monoisotopic (exact) mass is 215 g/mol. The van der Waals surface area contributed by atoms with Gasteiger partial charge in [0.2, 0.25) is 5.91 Å². The summed E-state index contributed by atoms with van der Waals surface area (Å²) in [4.78, 5) is 11.6. The third-order valence-electron chi connectivity index (χ3n) is 1.73. The average Bonchev–Trinajstić information content (AvgIpc) is 2.06. The van der Waals surface area contributed by atoms with Crippen LogP contribution in [0.5, 0.6) is 0 Å². The van der Waals surface area contributed by atoms with Gasteiger partial charge in [-0.25, -0.2) is 0 Å². The van der Waals surface area contributed by atoms with Gasteiger partial charge in [0, 0.05) is 5.02 Å². The fourth-order valence-electron chi connectivity index (χ4n) is 1.17. The maximum Gasteiger partial charge on any atom is 0.237 e. The topological polar surface area (TPSA) is 46.2 Å². The van der Waals surface area contributed by atoms with E-state index >= 15 is 0 Å². The van der Waals surface area contributed by atoms with Crippen LogP contribution in [0, 0.1) is 0 Å². The molecular weight excluding hydrogens is 210 g/mol. The van der Waals surface area contributed by atoms with E-state index in [1.807, 2.05) is 0 Å². The lowest BCUT2D eigenvalue weighted by Gasteiger charge is -2.15. The minimum atomic E-state index is -1.25. The van der Waals surface area contributed by atoms with E-state index < -0.39 is 10.8 Å². The van der Waals surface area contributed by atoms with E-state index in [9.17, 15) is 9.00 Å². The summed E-state index contributed by atoms with van der Waals surface area (Å²) in [6.45, 7) is 0. The third kappa shape index (κ3) is 1.59. The van der Waals surface area contributed by atoms with Gasteiger partial charge in [0.1, 0.15) is 5.75 Å². The van der Waals surface area contributed by atoms with Crippen molar-refractivity contribution in [2.75, 3.05) is 11.1 Å². The van der Waals surface area contributed by atoms with Gasteiger partial charge < -0.3 is 5.32 Å². The van der Waals surface area contributed by atoms with Crippen molar-refractivity contribution in [1.82, 2.24) is 0 Å². The molecule has 0 radical (unpaired) electrons. The van der Waals surface area contributed by atoms with Gasteiger partial charge >= 0.3 is 0 Å². The van der Waals surface area contributed by atoms with Crippen molar-refractivity contribution in [3.8, 4) is 0 Å². The fourth-order valence-corrected chi connectivity index (χ4v) is 2.50. The first kappa shape index (κ1) is 8.72. The number of nitrogens with one attached hydrogen (secondary N) is 1. The molecule has 0 fully saturated rings. The predicted molar refractivity (Wildman–Crippen MR) is 51.4 cm³/mol. The van der Waals surface area contributed by atoms with Crippen LogP contribution in [0.15, 0.2) is 23.1 Å². The molecule has 1 aliphatic heterocycles. The van der Waals surface area contributed by atoms with E-state index in [-0.39, 0.29) is 11.7 Å². The minimum Gasteiger partial charge on any atom is -0.324 e. The fraction of sp³-hybridized carbons (Fsp3) is 0.125. The Labute approximate surface area is 82.5 Å². The molecule has 0 spiro atoms. The van der Waals surface area contributed by atoms with Gasteiger partial charge in [-0.1, -0.05) is 11.6 Å². The van der Waals surface area contributed by atoms with Gasteiger partial charge in [-0.15, -0.1) is 0 Å².